The van der Waals surface area contributed by atoms with Gasteiger partial charge in [0.1, 0.15) is 0 Å². The minimum Gasteiger partial charge on any atom is -0.490 e. The molecule has 0 saturated heterocycles. The Morgan fingerprint density at radius 2 is 2.29 bits per heavy atom. The molecular weight excluding hydrogens is 96.0 g/mol. The summed E-state index contributed by atoms with van der Waals surface area (Å²) < 4.78 is 0. The number of nitrogens with two attached hydrogens (primary N) is 2. The van der Waals surface area contributed by atoms with Crippen molar-refractivity contribution >= 4 is 5.82 Å². The second-order valence-corrected chi connectivity index (χ2v) is 1.22. The summed E-state index contributed by atoms with van der Waals surface area (Å²) in [6, 6.07) is 0. The van der Waals surface area contributed by atoms with Gasteiger partial charge in [-0.1, -0.05) is 0 Å². The molecule has 40 valence electrons. The number of nitrogens with zero attached hydrogens (tertiary/aromatic N) is 1. The number of nitrogen functional groups attached to an aromatic ring is 2. The van der Waals surface area contributed by atoms with E-state index < -0.39 is 0 Å². The molecule has 0 aliphatic rings. The number of rotatable bonds is 0. The molecule has 1 aromatic heterocycles. The molecule has 7 heavy (non-hydrogen) atoms. The van der Waals surface area contributed by atoms with Crippen molar-refractivity contribution in [2.24, 2.45) is 0 Å². The summed E-state index contributed by atoms with van der Waals surface area (Å²) in [5, 5.41) is 10.9. The predicted molar refractivity (Wildman–Crippen MR) is 25.0 cm³/mol. The molecule has 0 fully saturated rings. The highest BCUT2D eigenvalue weighted by Gasteiger charge is 2.02. The first-order valence-electron chi connectivity index (χ1n) is 1.72. The fourth-order valence-corrected chi connectivity index (χ4v) is 0.310. The molecule has 1 heterocycles. The first-order valence-corrected chi connectivity index (χ1v) is 1.72. The van der Waals surface area contributed by atoms with E-state index in [1.807, 2.05) is 0 Å². The number of H-pyrrole nitrogens is 1. The van der Waals surface area contributed by atoms with E-state index in [2.05, 4.69) is 5.10 Å². The third-order valence-corrected chi connectivity index (χ3v) is 0.710. The van der Waals surface area contributed by atoms with Crippen LogP contribution in [0.4, 0.5) is 5.82 Å². The molecule has 1 aromatic rings. The number of nitrogens with one attached hydrogen (secondary N) is 1. The van der Waals surface area contributed by atoms with Crippen LogP contribution in [0.25, 0.3) is 0 Å². The summed E-state index contributed by atoms with van der Waals surface area (Å²) in [7, 11) is 0. The largest absolute Gasteiger partial charge is 0.490 e. The number of hydrogen-bond donors (Lipinski definition) is 4. The van der Waals surface area contributed by atoms with Gasteiger partial charge in [0.15, 0.2) is 5.82 Å². The second-order valence-electron chi connectivity index (χ2n) is 1.22. The first-order chi connectivity index (χ1) is 3.22. The highest BCUT2D eigenvalue weighted by atomic mass is 16.3. The summed E-state index contributed by atoms with van der Waals surface area (Å²) in [5.41, 5.74) is 5.01. The van der Waals surface area contributed by atoms with Crippen molar-refractivity contribution in [1.82, 2.24) is 9.89 Å². The van der Waals surface area contributed by atoms with Gasteiger partial charge in [0, 0.05) is 0 Å². The van der Waals surface area contributed by atoms with E-state index in [1.54, 1.807) is 0 Å². The van der Waals surface area contributed by atoms with Gasteiger partial charge in [-0.05, 0) is 0 Å². The number of aromatic amines is 1. The van der Waals surface area contributed by atoms with Gasteiger partial charge in [0.2, 0.25) is 0 Å². The van der Waals surface area contributed by atoms with Crippen molar-refractivity contribution < 1.29 is 5.11 Å². The van der Waals surface area contributed by atoms with Gasteiger partial charge in [-0.15, -0.1) is 0 Å². The Bertz CT molecular complexity index is 148. The molecule has 1 rings (SSSR count). The normalized spacial score (nSPS) is 9.71. The van der Waals surface area contributed by atoms with Gasteiger partial charge < -0.3 is 16.7 Å². The monoisotopic (exact) mass is 102 g/mol. The van der Waals surface area contributed by atoms with E-state index in [9.17, 15) is 0 Å². The fourth-order valence-electron chi connectivity index (χ4n) is 0.310. The first kappa shape index (κ1) is 3.91. The van der Waals surface area contributed by atoms with Crippen molar-refractivity contribution in [3.05, 3.63) is 0 Å². The molecule has 0 amide bonds. The van der Waals surface area contributed by atoms with E-state index >= 15 is 0 Å². The lowest BCUT2D eigenvalue weighted by Crippen LogP contribution is -2.20. The fraction of sp³-hybridized carbons (Fsp3) is 0. The maximum absolute atomic E-state index is 8.48. The van der Waals surface area contributed by atoms with Crippen LogP contribution in [0.1, 0.15) is 0 Å². The Hall–Kier alpha value is -1.26. The molecule has 0 aromatic carbocycles. The van der Waals surface area contributed by atoms with Crippen LogP contribution in [0.2, 0.25) is 0 Å². The van der Waals surface area contributed by atoms with Crippen molar-refractivity contribution in [2.75, 3.05) is 11.6 Å². The van der Waals surface area contributed by atoms with Gasteiger partial charge in [0.25, 0.3) is 5.88 Å². The van der Waals surface area contributed by atoms with Crippen LogP contribution in [0.3, 0.4) is 0 Å². The number of anilines is 1. The third kappa shape index (κ3) is 0.309. The van der Waals surface area contributed by atoms with Crippen molar-refractivity contribution in [3.63, 3.8) is 0 Å². The zero-order valence-electron chi connectivity index (χ0n) is 3.55. The lowest BCUT2D eigenvalue weighted by Gasteiger charge is -2.08. The topological polar surface area (TPSA) is 93.0 Å². The zero-order valence-corrected chi connectivity index (χ0v) is 3.55. The molecule has 0 saturated carbocycles. The number of aromatic hydroxyl groups is 1. The standard InChI is InChI=1S/C2H6N4O/c3-1-2(7)6(4)5-1/h5,7H,3-4H2. The minimum atomic E-state index is -0.111. The van der Waals surface area contributed by atoms with Crippen LogP contribution in [0.15, 0.2) is 0 Å². The average Bonchev–Trinajstić information content (AvgIpc) is 1.68. The minimum absolute atomic E-state index is 0.111. The Morgan fingerprint density at radius 1 is 1.71 bits per heavy atom. The van der Waals surface area contributed by atoms with Gasteiger partial charge in [-0.3, -0.25) is 5.10 Å². The average molecular weight is 102 g/mol. The maximum Gasteiger partial charge on any atom is 0.268 e. The molecule has 0 unspecified atom stereocenters. The summed E-state index contributed by atoms with van der Waals surface area (Å²) in [4.78, 5) is 0.926. The second kappa shape index (κ2) is 0.868. The molecule has 0 bridgehead atoms. The van der Waals surface area contributed by atoms with Crippen LogP contribution in [0.5, 0.6) is 5.88 Å². The van der Waals surface area contributed by atoms with Crippen LogP contribution in [-0.2, 0) is 0 Å². The van der Waals surface area contributed by atoms with E-state index in [-0.39, 0.29) is 11.7 Å². The number of aromatic nitrogens is 2. The smallest absolute Gasteiger partial charge is 0.268 e. The Kier molecular flexibility index (Phi) is 0.485. The van der Waals surface area contributed by atoms with E-state index in [0.29, 0.717) is 0 Å². The molecule has 5 nitrogen and oxygen atoms in total. The molecular formula is C2H6N4O. The maximum atomic E-state index is 8.48. The lowest BCUT2D eigenvalue weighted by atomic mass is 10.7. The Labute approximate surface area is 39.5 Å². The molecule has 6 N–H and O–H groups in total. The van der Waals surface area contributed by atoms with Crippen molar-refractivity contribution in [2.45, 2.75) is 0 Å². The van der Waals surface area contributed by atoms with Crippen LogP contribution < -0.4 is 11.6 Å². The molecule has 0 aliphatic carbocycles. The van der Waals surface area contributed by atoms with Gasteiger partial charge in [-0.25, -0.2) is 0 Å². The third-order valence-electron chi connectivity index (χ3n) is 0.710. The zero-order chi connectivity index (χ0) is 5.44. The molecule has 5 heteroatoms. The van der Waals surface area contributed by atoms with Crippen LogP contribution >= 0.6 is 0 Å². The Balaban J connectivity index is 2.92. The summed E-state index contributed by atoms with van der Waals surface area (Å²) in [6.45, 7) is 0. The molecule has 0 aliphatic heterocycles. The molecule has 0 radical (unpaired) electrons. The van der Waals surface area contributed by atoms with Crippen molar-refractivity contribution in [3.8, 4) is 5.88 Å². The molecule has 0 atom stereocenters. The van der Waals surface area contributed by atoms with E-state index in [4.69, 9.17) is 16.7 Å². The predicted octanol–water partition coefficient (Wildman–Crippen LogP) is -1.18. The highest BCUT2D eigenvalue weighted by Crippen LogP contribution is 2.14. The summed E-state index contributed by atoms with van der Waals surface area (Å²) >= 11 is 0. The Morgan fingerprint density at radius 3 is 2.29 bits per heavy atom. The van der Waals surface area contributed by atoms with E-state index in [0.717, 1.165) is 4.79 Å². The molecule has 0 spiro atoms. The van der Waals surface area contributed by atoms with Gasteiger partial charge in [-0.2, -0.15) is 4.79 Å². The van der Waals surface area contributed by atoms with Crippen molar-refractivity contribution in [1.29, 1.82) is 0 Å². The van der Waals surface area contributed by atoms with E-state index in [1.165, 1.54) is 0 Å². The highest BCUT2D eigenvalue weighted by molar-refractivity contribution is 5.40. The van der Waals surface area contributed by atoms with Gasteiger partial charge >= 0.3 is 0 Å². The quantitative estimate of drug-likeness (QED) is 0.310. The van der Waals surface area contributed by atoms with Crippen LogP contribution in [-0.4, -0.2) is 15.0 Å². The van der Waals surface area contributed by atoms with Crippen LogP contribution in [0, 0.1) is 0 Å². The SMILES string of the molecule is Nc1[nH]n(N)c1O. The summed E-state index contributed by atoms with van der Waals surface area (Å²) in [6.07, 6.45) is 0. The number of hydrogen-bond acceptors (Lipinski definition) is 3. The summed E-state index contributed by atoms with van der Waals surface area (Å²) in [5.74, 6) is 5.05. The lowest BCUT2D eigenvalue weighted by molar-refractivity contribution is 0.399. The van der Waals surface area contributed by atoms with Gasteiger partial charge in [0.05, 0.1) is 0 Å².